The fourth-order valence-corrected chi connectivity index (χ4v) is 3.29. The lowest BCUT2D eigenvalue weighted by atomic mass is 10.0. The molecule has 1 atom stereocenters. The lowest BCUT2D eigenvalue weighted by Gasteiger charge is -2.31. The molecule has 3 rings (SSSR count). The van der Waals surface area contributed by atoms with Crippen molar-refractivity contribution in [2.45, 2.75) is 38.6 Å². The lowest BCUT2D eigenvalue weighted by Crippen LogP contribution is -2.38. The fraction of sp³-hybridized carbons (Fsp3) is 0.474. The van der Waals surface area contributed by atoms with Crippen molar-refractivity contribution >= 4 is 5.91 Å². The van der Waals surface area contributed by atoms with Crippen LogP contribution in [0.25, 0.3) is 0 Å². The Morgan fingerprint density at radius 1 is 1.21 bits per heavy atom. The predicted molar refractivity (Wildman–Crippen MR) is 92.8 cm³/mol. The largest absolute Gasteiger partial charge is 0.351 e. The van der Waals surface area contributed by atoms with Gasteiger partial charge in [0.05, 0.1) is 11.7 Å². The molecule has 2 heterocycles. The molecule has 1 aliphatic heterocycles. The summed E-state index contributed by atoms with van der Waals surface area (Å²) in [5, 5.41) is 6.79. The van der Waals surface area contributed by atoms with Crippen LogP contribution in [0.5, 0.6) is 0 Å². The van der Waals surface area contributed by atoms with Gasteiger partial charge < -0.3 is 9.84 Å². The third-order valence-electron chi connectivity index (χ3n) is 4.57. The summed E-state index contributed by atoms with van der Waals surface area (Å²) < 4.78 is 5.05. The number of rotatable bonds is 5. The number of aromatic nitrogens is 1. The molecule has 0 spiro atoms. The molecule has 1 aromatic heterocycles. The second kappa shape index (κ2) is 8.11. The van der Waals surface area contributed by atoms with Crippen molar-refractivity contribution in [3.63, 3.8) is 0 Å². The van der Waals surface area contributed by atoms with Crippen LogP contribution in [0, 0.1) is 6.92 Å². The smallest absolute Gasteiger partial charge is 0.289 e. The number of nitrogens with zero attached hydrogens (tertiary/aromatic N) is 2. The highest BCUT2D eigenvalue weighted by Gasteiger charge is 2.23. The van der Waals surface area contributed by atoms with E-state index in [-0.39, 0.29) is 17.7 Å². The van der Waals surface area contributed by atoms with Gasteiger partial charge in [-0.25, -0.2) is 0 Å². The van der Waals surface area contributed by atoms with Gasteiger partial charge in [-0.3, -0.25) is 9.69 Å². The van der Waals surface area contributed by atoms with Crippen LogP contribution in [0.1, 0.15) is 53.5 Å². The van der Waals surface area contributed by atoms with Crippen LogP contribution < -0.4 is 5.32 Å². The van der Waals surface area contributed by atoms with Crippen LogP contribution in [0.2, 0.25) is 0 Å². The second-order valence-electron chi connectivity index (χ2n) is 6.42. The van der Waals surface area contributed by atoms with Gasteiger partial charge >= 0.3 is 0 Å². The molecule has 1 amide bonds. The number of carbonyl (C=O) groups excluding carboxylic acids is 1. The number of carbonyl (C=O) groups is 1. The molecule has 1 aromatic carbocycles. The third kappa shape index (κ3) is 4.23. The molecule has 2 aromatic rings. The van der Waals surface area contributed by atoms with Crippen molar-refractivity contribution < 1.29 is 9.32 Å². The van der Waals surface area contributed by atoms with Crippen LogP contribution in [-0.2, 0) is 0 Å². The Morgan fingerprint density at radius 2 is 1.92 bits per heavy atom. The van der Waals surface area contributed by atoms with E-state index >= 15 is 0 Å². The molecule has 128 valence electrons. The van der Waals surface area contributed by atoms with E-state index < -0.39 is 0 Å². The molecule has 5 heteroatoms. The van der Waals surface area contributed by atoms with Crippen molar-refractivity contribution in [1.29, 1.82) is 0 Å². The summed E-state index contributed by atoms with van der Waals surface area (Å²) in [5.41, 5.74) is 1.96. The minimum absolute atomic E-state index is 0.192. The third-order valence-corrected chi connectivity index (χ3v) is 4.57. The Morgan fingerprint density at radius 3 is 2.54 bits per heavy atom. The molecule has 5 nitrogen and oxygen atoms in total. The summed E-state index contributed by atoms with van der Waals surface area (Å²) in [7, 11) is 0. The predicted octanol–water partition coefficient (Wildman–Crippen LogP) is 3.33. The van der Waals surface area contributed by atoms with E-state index in [4.69, 9.17) is 4.52 Å². The van der Waals surface area contributed by atoms with Crippen LogP contribution in [0.15, 0.2) is 40.9 Å². The zero-order valence-electron chi connectivity index (χ0n) is 14.2. The van der Waals surface area contributed by atoms with Gasteiger partial charge in [0, 0.05) is 12.6 Å². The summed E-state index contributed by atoms with van der Waals surface area (Å²) in [6.07, 6.45) is 5.03. The van der Waals surface area contributed by atoms with Crippen molar-refractivity contribution in [3.05, 3.63) is 53.4 Å². The molecule has 1 saturated heterocycles. The number of amides is 1. The molecule has 0 radical (unpaired) electrons. The first kappa shape index (κ1) is 16.7. The Hall–Kier alpha value is -2.14. The van der Waals surface area contributed by atoms with Crippen molar-refractivity contribution in [2.75, 3.05) is 19.6 Å². The molecule has 1 fully saturated rings. The Balaban J connectivity index is 1.71. The number of aryl methyl sites for hydroxylation is 1. The quantitative estimate of drug-likeness (QED) is 0.915. The lowest BCUT2D eigenvalue weighted by molar-refractivity contribution is 0.0896. The number of likely N-dealkylation sites (tertiary alicyclic amines) is 1. The van der Waals surface area contributed by atoms with E-state index in [1.165, 1.54) is 31.2 Å². The van der Waals surface area contributed by atoms with Gasteiger partial charge in [-0.2, -0.15) is 0 Å². The van der Waals surface area contributed by atoms with E-state index in [0.29, 0.717) is 12.2 Å². The SMILES string of the molecule is Cc1cc(C(=O)NCC(c2ccccc2)N2CCCCCC2)on1. The topological polar surface area (TPSA) is 58.4 Å². The van der Waals surface area contributed by atoms with Crippen LogP contribution in [0.3, 0.4) is 0 Å². The summed E-state index contributed by atoms with van der Waals surface area (Å²) in [6.45, 7) is 4.54. The molecular weight excluding hydrogens is 302 g/mol. The van der Waals surface area contributed by atoms with Gasteiger partial charge in [0.2, 0.25) is 5.76 Å². The Kier molecular flexibility index (Phi) is 5.64. The van der Waals surface area contributed by atoms with Gasteiger partial charge in [0.1, 0.15) is 0 Å². The van der Waals surface area contributed by atoms with Gasteiger partial charge in [-0.1, -0.05) is 48.3 Å². The van der Waals surface area contributed by atoms with Crippen molar-refractivity contribution in [3.8, 4) is 0 Å². The van der Waals surface area contributed by atoms with Crippen LogP contribution in [-0.4, -0.2) is 35.6 Å². The highest BCUT2D eigenvalue weighted by Crippen LogP contribution is 2.23. The average molecular weight is 327 g/mol. The van der Waals surface area contributed by atoms with Crippen LogP contribution >= 0.6 is 0 Å². The number of hydrogen-bond donors (Lipinski definition) is 1. The van der Waals surface area contributed by atoms with E-state index in [2.05, 4.69) is 39.6 Å². The second-order valence-corrected chi connectivity index (χ2v) is 6.42. The molecule has 1 aliphatic rings. The first-order valence-electron chi connectivity index (χ1n) is 8.74. The van der Waals surface area contributed by atoms with E-state index in [9.17, 15) is 4.79 Å². The summed E-state index contributed by atoms with van der Waals surface area (Å²) in [6, 6.07) is 12.3. The molecule has 1 N–H and O–H groups in total. The zero-order valence-corrected chi connectivity index (χ0v) is 14.2. The van der Waals surface area contributed by atoms with E-state index in [1.54, 1.807) is 6.07 Å². The standard InChI is InChI=1S/C19H25N3O2/c1-15-13-18(24-21-15)19(23)20-14-17(16-9-5-4-6-10-16)22-11-7-2-3-8-12-22/h4-6,9-10,13,17H,2-3,7-8,11-12,14H2,1H3,(H,20,23). The van der Waals surface area contributed by atoms with Crippen molar-refractivity contribution in [2.24, 2.45) is 0 Å². The first-order valence-corrected chi connectivity index (χ1v) is 8.74. The monoisotopic (exact) mass is 327 g/mol. The summed E-state index contributed by atoms with van der Waals surface area (Å²) in [5.74, 6) is 0.0709. The van der Waals surface area contributed by atoms with Gasteiger partial charge in [0.15, 0.2) is 0 Å². The number of benzene rings is 1. The van der Waals surface area contributed by atoms with Crippen molar-refractivity contribution in [1.82, 2.24) is 15.4 Å². The number of hydrogen-bond acceptors (Lipinski definition) is 4. The van der Waals surface area contributed by atoms with E-state index in [1.807, 2.05) is 13.0 Å². The van der Waals surface area contributed by atoms with Crippen LogP contribution in [0.4, 0.5) is 0 Å². The highest BCUT2D eigenvalue weighted by molar-refractivity contribution is 5.91. The maximum Gasteiger partial charge on any atom is 0.289 e. The summed E-state index contributed by atoms with van der Waals surface area (Å²) >= 11 is 0. The maximum atomic E-state index is 12.3. The fourth-order valence-electron chi connectivity index (χ4n) is 3.29. The molecule has 1 unspecified atom stereocenters. The van der Waals surface area contributed by atoms with Gasteiger partial charge in [-0.15, -0.1) is 0 Å². The maximum absolute atomic E-state index is 12.3. The molecule has 24 heavy (non-hydrogen) atoms. The molecule has 0 saturated carbocycles. The zero-order chi connectivity index (χ0) is 16.8. The molecule has 0 bridgehead atoms. The Labute approximate surface area is 143 Å². The summed E-state index contributed by atoms with van der Waals surface area (Å²) in [4.78, 5) is 14.8. The van der Waals surface area contributed by atoms with E-state index in [0.717, 1.165) is 13.1 Å². The highest BCUT2D eigenvalue weighted by atomic mass is 16.5. The van der Waals surface area contributed by atoms with Gasteiger partial charge in [0.25, 0.3) is 5.91 Å². The normalized spacial score (nSPS) is 17.2. The number of nitrogens with one attached hydrogen (secondary N) is 1. The Bertz CT molecular complexity index is 646. The molecule has 0 aliphatic carbocycles. The molecular formula is C19H25N3O2. The minimum Gasteiger partial charge on any atom is -0.351 e. The first-order chi connectivity index (χ1) is 11.7. The minimum atomic E-state index is -0.202. The van der Waals surface area contributed by atoms with Gasteiger partial charge in [-0.05, 0) is 38.4 Å². The average Bonchev–Trinajstić information content (AvgIpc) is 2.87.